The zero-order valence-electron chi connectivity index (χ0n) is 14.5. The maximum absolute atomic E-state index is 10.9. The summed E-state index contributed by atoms with van der Waals surface area (Å²) >= 11 is 0. The number of rotatable bonds is 3. The first-order chi connectivity index (χ1) is 13.3. The Balaban J connectivity index is 1.91. The van der Waals surface area contributed by atoms with Crippen molar-refractivity contribution in [3.8, 4) is 0 Å². The highest BCUT2D eigenvalue weighted by atomic mass is 16.6. The molecule has 4 rings (SSSR count). The Morgan fingerprint density at radius 1 is 1.11 bits per heavy atom. The molecule has 0 saturated carbocycles. The predicted molar refractivity (Wildman–Crippen MR) is 89.4 cm³/mol. The Kier molecular flexibility index (Phi) is 4.71. The average Bonchev–Trinajstić information content (AvgIpc) is 3.22. The highest BCUT2D eigenvalue weighted by Crippen LogP contribution is 2.44. The van der Waals surface area contributed by atoms with Crippen LogP contribution in [0.1, 0.15) is 0 Å². The van der Waals surface area contributed by atoms with Crippen LogP contribution in [0.15, 0.2) is 12.7 Å². The van der Waals surface area contributed by atoms with Crippen molar-refractivity contribution in [3.05, 3.63) is 12.7 Å². The Bertz CT molecular complexity index is 866. The number of nitrogens with zero attached hydrogens (tertiary/aromatic N) is 4. The van der Waals surface area contributed by atoms with Crippen molar-refractivity contribution in [2.24, 2.45) is 0 Å². The Hall–Kier alpha value is -1.97. The molecule has 2 saturated heterocycles. The summed E-state index contributed by atoms with van der Waals surface area (Å²) < 4.78 is 12.5. The van der Waals surface area contributed by atoms with Crippen molar-refractivity contribution in [3.63, 3.8) is 0 Å². The van der Waals surface area contributed by atoms with E-state index in [-0.39, 0.29) is 23.6 Å². The number of fused-ring (bicyclic) bond motifs is 1. The molecule has 2 aromatic heterocycles. The summed E-state index contributed by atoms with van der Waals surface area (Å²) in [6, 6.07) is 0. The zero-order chi connectivity index (χ0) is 20.2. The van der Waals surface area contributed by atoms with Gasteiger partial charge in [-0.05, 0) is 0 Å². The summed E-state index contributed by atoms with van der Waals surface area (Å²) in [5.74, 6) is 0.0474. The van der Waals surface area contributed by atoms with E-state index >= 15 is 0 Å². The van der Waals surface area contributed by atoms with Gasteiger partial charge in [-0.3, -0.25) is 4.57 Å². The van der Waals surface area contributed by atoms with Gasteiger partial charge in [-0.1, -0.05) is 0 Å². The van der Waals surface area contributed by atoms with Gasteiger partial charge in [-0.15, -0.1) is 0 Å². The van der Waals surface area contributed by atoms with Gasteiger partial charge in [0.2, 0.25) is 5.72 Å². The quantitative estimate of drug-likeness (QED) is 0.261. The summed E-state index contributed by atoms with van der Waals surface area (Å²) in [5.41, 5.74) is 4.04. The average molecular weight is 399 g/mol. The van der Waals surface area contributed by atoms with E-state index in [1.165, 1.54) is 10.9 Å². The number of nitrogens with two attached hydrogens (primary N) is 1. The molecular weight excluding hydrogens is 378 g/mol. The third kappa shape index (κ3) is 2.53. The van der Waals surface area contributed by atoms with E-state index in [0.717, 1.165) is 6.33 Å². The number of anilines is 1. The molecule has 0 aliphatic carbocycles. The van der Waals surface area contributed by atoms with Gasteiger partial charge in [0, 0.05) is 0 Å². The number of hydrogen-bond donors (Lipinski definition) is 7. The van der Waals surface area contributed by atoms with Gasteiger partial charge >= 0.3 is 0 Å². The summed E-state index contributed by atoms with van der Waals surface area (Å²) in [6.45, 7) is -1.01. The van der Waals surface area contributed by atoms with E-state index in [9.17, 15) is 30.6 Å². The number of aromatic nitrogens is 4. The zero-order valence-corrected chi connectivity index (χ0v) is 14.5. The van der Waals surface area contributed by atoms with Crippen LogP contribution in [0.4, 0.5) is 5.82 Å². The molecule has 0 amide bonds. The van der Waals surface area contributed by atoms with Gasteiger partial charge in [-0.2, -0.15) is 0 Å². The molecular formula is C15H21N5O8. The first-order valence-electron chi connectivity index (χ1n) is 8.57. The van der Waals surface area contributed by atoms with Crippen molar-refractivity contribution >= 4 is 17.0 Å². The lowest BCUT2D eigenvalue weighted by Gasteiger charge is -2.46. The summed E-state index contributed by atoms with van der Waals surface area (Å²) in [5, 5.41) is 61.3. The van der Waals surface area contributed by atoms with Gasteiger partial charge in [0.15, 0.2) is 11.5 Å². The Morgan fingerprint density at radius 2 is 1.86 bits per heavy atom. The van der Waals surface area contributed by atoms with Gasteiger partial charge in [0.25, 0.3) is 0 Å². The van der Waals surface area contributed by atoms with Gasteiger partial charge in [0.1, 0.15) is 54.6 Å². The maximum Gasteiger partial charge on any atom is 0.205 e. The van der Waals surface area contributed by atoms with E-state index in [2.05, 4.69) is 15.0 Å². The van der Waals surface area contributed by atoms with Gasteiger partial charge in [0.05, 0.1) is 19.5 Å². The minimum Gasteiger partial charge on any atom is -0.394 e. The highest BCUT2D eigenvalue weighted by molar-refractivity contribution is 5.81. The maximum atomic E-state index is 10.9. The van der Waals surface area contributed by atoms with Crippen molar-refractivity contribution < 1.29 is 40.1 Å². The lowest BCUT2D eigenvalue weighted by atomic mass is 9.87. The molecule has 0 spiro atoms. The Morgan fingerprint density at radius 3 is 2.54 bits per heavy atom. The van der Waals surface area contributed by atoms with E-state index in [1.807, 2.05) is 0 Å². The summed E-state index contributed by atoms with van der Waals surface area (Å²) in [7, 11) is 0. The molecule has 2 aromatic rings. The van der Waals surface area contributed by atoms with Crippen LogP contribution in [0.2, 0.25) is 0 Å². The molecule has 2 aliphatic rings. The normalized spacial score (nSPS) is 41.6. The first-order valence-corrected chi connectivity index (χ1v) is 8.57. The van der Waals surface area contributed by atoms with Crippen LogP contribution in [-0.2, 0) is 15.2 Å². The Labute approximate surface area is 157 Å². The fraction of sp³-hybridized carbons (Fsp3) is 0.667. The summed E-state index contributed by atoms with van der Waals surface area (Å²) in [4.78, 5) is 12.0. The third-order valence-corrected chi connectivity index (χ3v) is 5.30. The second-order valence-electron chi connectivity index (χ2n) is 6.87. The minimum absolute atomic E-state index is 0.0474. The number of aliphatic hydroxyl groups excluding tert-OH is 6. The van der Waals surface area contributed by atoms with Crippen LogP contribution >= 0.6 is 0 Å². The molecule has 13 nitrogen and oxygen atoms in total. The number of imidazole rings is 1. The predicted octanol–water partition coefficient (Wildman–Crippen LogP) is -4.34. The first kappa shape index (κ1) is 19.4. The molecule has 2 fully saturated rings. The molecule has 0 bridgehead atoms. The SMILES string of the molecule is Nc1ncnc2c1ncn2[C@]1([C@@H]2OC[C@@H](O)[C@@H](O)[C@H]2O)O[C@H](CO)[C@@H](O)[C@H]1O. The molecule has 8 N–H and O–H groups in total. The minimum atomic E-state index is -2.04. The van der Waals surface area contributed by atoms with Crippen LogP contribution in [-0.4, -0.2) is 106 Å². The number of ether oxygens (including phenoxy) is 2. The van der Waals surface area contributed by atoms with Crippen LogP contribution in [0.5, 0.6) is 0 Å². The fourth-order valence-electron chi connectivity index (χ4n) is 3.83. The van der Waals surface area contributed by atoms with E-state index in [4.69, 9.17) is 15.2 Å². The molecule has 0 radical (unpaired) electrons. The highest BCUT2D eigenvalue weighted by Gasteiger charge is 2.64. The van der Waals surface area contributed by atoms with Crippen LogP contribution < -0.4 is 5.73 Å². The van der Waals surface area contributed by atoms with E-state index in [1.54, 1.807) is 0 Å². The van der Waals surface area contributed by atoms with Crippen molar-refractivity contribution in [2.75, 3.05) is 18.9 Å². The molecule has 0 aromatic carbocycles. The van der Waals surface area contributed by atoms with Crippen LogP contribution in [0.25, 0.3) is 11.2 Å². The topological polar surface area (TPSA) is 209 Å². The van der Waals surface area contributed by atoms with Crippen LogP contribution in [0.3, 0.4) is 0 Å². The standard InChI is InChI=1S/C15H21N5O8/c16-13-7-14(18-3-17-13)20(4-19-7)15(11(26)9(24)6(1-21)28-15)12-10(25)8(23)5(22)2-27-12/h3-6,8-12,21-26H,1-2H2,(H2,16,17,18)/t5-,6-,8-,9-,10-,11-,12-,15+/m1/s1. The van der Waals surface area contributed by atoms with Crippen LogP contribution in [0, 0.1) is 0 Å². The smallest absolute Gasteiger partial charge is 0.205 e. The van der Waals surface area contributed by atoms with Crippen molar-refractivity contribution in [1.29, 1.82) is 0 Å². The van der Waals surface area contributed by atoms with E-state index in [0.29, 0.717) is 0 Å². The second kappa shape index (κ2) is 6.82. The summed E-state index contributed by atoms with van der Waals surface area (Å²) in [6.07, 6.45) is -8.28. The lowest BCUT2D eigenvalue weighted by Crippen LogP contribution is -2.65. The molecule has 154 valence electrons. The second-order valence-corrected chi connectivity index (χ2v) is 6.87. The van der Waals surface area contributed by atoms with Crippen molar-refractivity contribution in [1.82, 2.24) is 19.5 Å². The number of aliphatic hydroxyl groups is 6. The lowest BCUT2D eigenvalue weighted by molar-refractivity contribution is -0.286. The van der Waals surface area contributed by atoms with Gasteiger partial charge < -0.3 is 45.8 Å². The van der Waals surface area contributed by atoms with Gasteiger partial charge in [-0.25, -0.2) is 15.0 Å². The molecule has 4 heterocycles. The monoisotopic (exact) mass is 399 g/mol. The number of nitrogen functional groups attached to an aromatic ring is 1. The number of hydrogen-bond acceptors (Lipinski definition) is 12. The largest absolute Gasteiger partial charge is 0.394 e. The molecule has 0 unspecified atom stereocenters. The fourth-order valence-corrected chi connectivity index (χ4v) is 3.83. The van der Waals surface area contributed by atoms with E-state index < -0.39 is 55.1 Å². The van der Waals surface area contributed by atoms with Crippen molar-refractivity contribution in [2.45, 2.75) is 48.5 Å². The molecule has 28 heavy (non-hydrogen) atoms. The molecule has 8 atom stereocenters. The molecule has 13 heteroatoms. The third-order valence-electron chi connectivity index (χ3n) is 5.30. The molecule has 2 aliphatic heterocycles.